The molecular formula is C25H32B5N3O5. The smallest absolute Gasteiger partial charge is 0.255 e. The molecule has 0 saturated carbocycles. The van der Waals surface area contributed by atoms with Crippen molar-refractivity contribution in [1.82, 2.24) is 15.1 Å². The molecule has 3 amide bonds. The lowest BCUT2D eigenvalue weighted by atomic mass is 9.50. The Morgan fingerprint density at radius 3 is 2.45 bits per heavy atom. The summed E-state index contributed by atoms with van der Waals surface area (Å²) in [6.45, 7) is 1.51. The number of carbonyl (C=O) groups is 3. The van der Waals surface area contributed by atoms with Gasteiger partial charge in [0.1, 0.15) is 57.6 Å². The van der Waals surface area contributed by atoms with Crippen LogP contribution in [0.3, 0.4) is 0 Å². The zero-order valence-electron chi connectivity index (χ0n) is 22.8. The first-order valence-electron chi connectivity index (χ1n) is 13.5. The van der Waals surface area contributed by atoms with Crippen LogP contribution in [-0.2, 0) is 34.0 Å². The number of nitrogens with zero attached hydrogens (tertiary/aromatic N) is 2. The minimum atomic E-state index is -0.641. The predicted octanol–water partition coefficient (Wildman–Crippen LogP) is -3.34. The number of amides is 3. The van der Waals surface area contributed by atoms with Crippen LogP contribution in [0.1, 0.15) is 39.9 Å². The van der Waals surface area contributed by atoms with Crippen molar-refractivity contribution in [2.24, 2.45) is 0 Å². The van der Waals surface area contributed by atoms with Gasteiger partial charge in [0.25, 0.3) is 5.91 Å². The lowest BCUT2D eigenvalue weighted by Gasteiger charge is -2.54. The molecule has 2 saturated heterocycles. The zero-order valence-corrected chi connectivity index (χ0v) is 22.8. The van der Waals surface area contributed by atoms with Crippen LogP contribution in [-0.4, -0.2) is 96.1 Å². The molecule has 2 aromatic carbocycles. The summed E-state index contributed by atoms with van der Waals surface area (Å²) in [6, 6.07) is 13.6. The second-order valence-corrected chi connectivity index (χ2v) is 11.3. The van der Waals surface area contributed by atoms with Crippen molar-refractivity contribution in [1.29, 1.82) is 0 Å². The van der Waals surface area contributed by atoms with E-state index >= 15 is 0 Å². The van der Waals surface area contributed by atoms with Crippen LogP contribution in [0.15, 0.2) is 42.5 Å². The van der Waals surface area contributed by atoms with Crippen molar-refractivity contribution >= 4 is 57.0 Å². The number of fused-ring (bicyclic) bond motifs is 1. The predicted molar refractivity (Wildman–Crippen MR) is 157 cm³/mol. The fourth-order valence-electron chi connectivity index (χ4n) is 5.75. The summed E-state index contributed by atoms with van der Waals surface area (Å²) in [7, 11) is 11.0. The molecule has 5 rings (SSSR count). The number of rotatable bonds is 6. The Morgan fingerprint density at radius 1 is 1.03 bits per heavy atom. The zero-order chi connectivity index (χ0) is 27.2. The maximum absolute atomic E-state index is 13.1. The van der Waals surface area contributed by atoms with E-state index in [2.05, 4.69) is 73.7 Å². The van der Waals surface area contributed by atoms with Crippen LogP contribution < -0.4 is 10.1 Å². The molecule has 192 valence electrons. The number of piperidine rings is 1. The highest BCUT2D eigenvalue weighted by atomic mass is 16.5. The van der Waals surface area contributed by atoms with Crippen LogP contribution >= 0.6 is 0 Å². The Labute approximate surface area is 228 Å². The van der Waals surface area contributed by atoms with Crippen LogP contribution in [0.4, 0.5) is 0 Å². The van der Waals surface area contributed by atoms with Gasteiger partial charge in [0.15, 0.2) is 0 Å². The molecule has 13 heteroatoms. The number of benzene rings is 2. The van der Waals surface area contributed by atoms with Crippen LogP contribution in [0.5, 0.6) is 5.75 Å². The van der Waals surface area contributed by atoms with E-state index in [1.165, 1.54) is 5.56 Å². The molecule has 3 aliphatic rings. The van der Waals surface area contributed by atoms with E-state index in [0.29, 0.717) is 36.8 Å². The third-order valence-electron chi connectivity index (χ3n) is 8.63. The highest BCUT2D eigenvalue weighted by molar-refractivity contribution is 6.44. The Bertz CT molecular complexity index is 1260. The average molecular weight is 509 g/mol. The fraction of sp³-hybridized carbons (Fsp3) is 0.400. The van der Waals surface area contributed by atoms with Crippen LogP contribution in [0, 0.1) is 0 Å². The molecule has 1 N–H and O–H groups in total. The van der Waals surface area contributed by atoms with Gasteiger partial charge >= 0.3 is 0 Å². The summed E-state index contributed by atoms with van der Waals surface area (Å²) in [5.41, 5.74) is 3.61. The molecule has 4 unspecified atom stereocenters. The second-order valence-electron chi connectivity index (χ2n) is 11.3. The molecule has 0 radical (unpaired) electrons. The van der Waals surface area contributed by atoms with E-state index in [1.807, 2.05) is 6.07 Å². The number of nitrogens with one attached hydrogen (secondary N) is 1. The highest BCUT2D eigenvalue weighted by Crippen LogP contribution is 2.34. The third-order valence-corrected chi connectivity index (χ3v) is 8.63. The molecule has 4 atom stereocenters. The standard InChI is InChI=1S/C25H32B5N3O5/c26-20-21(27)38-24(28)25(29,30)33(20)10-13-4-6-14(7-5-13)12-37-18-3-1-2-15-16(18)11-32(23(15)36)17-8-9-19(34)31-22(17)35/h1-7,17,20-21,24H,8-12,26-30H2,(H,31,34,35). The lowest BCUT2D eigenvalue weighted by Crippen LogP contribution is -2.69. The van der Waals surface area contributed by atoms with Gasteiger partial charge in [-0.2, -0.15) is 0 Å². The number of hydrogen-bond donors (Lipinski definition) is 1. The summed E-state index contributed by atoms with van der Waals surface area (Å²) in [4.78, 5) is 41.0. The Kier molecular flexibility index (Phi) is 7.26. The van der Waals surface area contributed by atoms with E-state index in [-0.39, 0.29) is 35.6 Å². The normalized spacial score (nSPS) is 27.2. The topological polar surface area (TPSA) is 88.2 Å². The number of imide groups is 1. The quantitative estimate of drug-likeness (QED) is 0.324. The van der Waals surface area contributed by atoms with E-state index < -0.39 is 11.9 Å². The molecule has 8 nitrogen and oxygen atoms in total. The number of ether oxygens (including phenoxy) is 2. The first-order valence-corrected chi connectivity index (χ1v) is 13.5. The van der Waals surface area contributed by atoms with Crippen molar-refractivity contribution in [3.63, 3.8) is 0 Å². The maximum Gasteiger partial charge on any atom is 0.255 e. The molecule has 3 heterocycles. The maximum atomic E-state index is 13.1. The summed E-state index contributed by atoms with van der Waals surface area (Å²) in [5, 5.41) is 2.27. The Balaban J connectivity index is 1.24. The lowest BCUT2D eigenvalue weighted by molar-refractivity contribution is -0.136. The Hall–Kier alpha value is -2.91. The van der Waals surface area contributed by atoms with Gasteiger partial charge in [0.2, 0.25) is 11.8 Å². The molecule has 3 aliphatic heterocycles. The molecule has 0 spiro atoms. The summed E-state index contributed by atoms with van der Waals surface area (Å²) in [6.07, 6.45) is 0.570. The van der Waals surface area contributed by atoms with Gasteiger partial charge < -0.3 is 19.3 Å². The van der Waals surface area contributed by atoms with Crippen LogP contribution in [0.2, 0.25) is 0 Å². The van der Waals surface area contributed by atoms with Crippen molar-refractivity contribution < 1.29 is 23.9 Å². The summed E-state index contributed by atoms with van der Waals surface area (Å²) in [5.74, 6) is 0.0445. The van der Waals surface area contributed by atoms with Gasteiger partial charge in [-0.25, -0.2) is 0 Å². The van der Waals surface area contributed by atoms with Crippen molar-refractivity contribution in [2.75, 3.05) is 0 Å². The van der Waals surface area contributed by atoms with Crippen LogP contribution in [0.25, 0.3) is 0 Å². The largest absolute Gasteiger partial charge is 0.489 e. The van der Waals surface area contributed by atoms with Crippen molar-refractivity contribution in [3.05, 3.63) is 64.7 Å². The van der Waals surface area contributed by atoms with Gasteiger partial charge in [-0.05, 0) is 41.0 Å². The van der Waals surface area contributed by atoms with E-state index in [9.17, 15) is 14.4 Å². The number of hydrogen-bond acceptors (Lipinski definition) is 6. The number of morpholine rings is 1. The minimum absolute atomic E-state index is 0.0689. The van der Waals surface area contributed by atoms with Gasteiger partial charge in [0.05, 0.1) is 6.54 Å². The minimum Gasteiger partial charge on any atom is -0.489 e. The van der Waals surface area contributed by atoms with Gasteiger partial charge in [-0.1, -0.05) is 30.3 Å². The average Bonchev–Trinajstić information content (AvgIpc) is 3.22. The molecule has 2 fully saturated rings. The highest BCUT2D eigenvalue weighted by Gasteiger charge is 2.43. The van der Waals surface area contributed by atoms with E-state index in [0.717, 1.165) is 17.7 Å². The SMILES string of the molecule is BC1OC(B)C(B)(B)N(Cc2ccc(COc3cccc4c3CN(C3CCC(=O)NC3=O)C4=O)cc2)C1B. The summed E-state index contributed by atoms with van der Waals surface area (Å²) >= 11 is 0. The third kappa shape index (κ3) is 4.94. The fourth-order valence-corrected chi connectivity index (χ4v) is 5.75. The Morgan fingerprint density at radius 2 is 1.74 bits per heavy atom. The second kappa shape index (κ2) is 10.3. The summed E-state index contributed by atoms with van der Waals surface area (Å²) < 4.78 is 12.3. The first-order chi connectivity index (χ1) is 18.1. The molecule has 0 aliphatic carbocycles. The van der Waals surface area contributed by atoms with E-state index in [1.54, 1.807) is 17.0 Å². The van der Waals surface area contributed by atoms with Gasteiger partial charge in [-0.3, -0.25) is 19.7 Å². The molecular weight excluding hydrogens is 476 g/mol. The number of carbonyl (C=O) groups excluding carboxylic acids is 3. The molecule has 0 bridgehead atoms. The van der Waals surface area contributed by atoms with Crippen molar-refractivity contribution in [3.8, 4) is 5.75 Å². The van der Waals surface area contributed by atoms with E-state index in [4.69, 9.17) is 9.47 Å². The first kappa shape index (κ1) is 26.7. The van der Waals surface area contributed by atoms with Crippen molar-refractivity contribution in [2.45, 2.75) is 61.9 Å². The monoisotopic (exact) mass is 509 g/mol. The molecule has 38 heavy (non-hydrogen) atoms. The van der Waals surface area contributed by atoms with Gasteiger partial charge in [-0.15, -0.1) is 0 Å². The molecule has 2 aromatic rings. The molecule has 0 aromatic heterocycles. The van der Waals surface area contributed by atoms with Gasteiger partial charge in [0, 0.05) is 36.1 Å².